The molecule has 2 aromatic heterocycles. The Bertz CT molecular complexity index is 545. The SMILES string of the molecule is COc1cc(C)nc(Cn2ccsc2=O)c1. The molecule has 4 nitrogen and oxygen atoms in total. The van der Waals surface area contributed by atoms with Gasteiger partial charge in [0.15, 0.2) is 0 Å². The van der Waals surface area contributed by atoms with Gasteiger partial charge in [0.05, 0.1) is 19.3 Å². The number of methoxy groups -OCH3 is 1. The summed E-state index contributed by atoms with van der Waals surface area (Å²) in [6.07, 6.45) is 1.77. The molecule has 0 fully saturated rings. The van der Waals surface area contributed by atoms with Gasteiger partial charge >= 0.3 is 4.87 Å². The average Bonchev–Trinajstić information content (AvgIpc) is 2.63. The highest BCUT2D eigenvalue weighted by molar-refractivity contribution is 7.07. The lowest BCUT2D eigenvalue weighted by Crippen LogP contribution is -2.13. The van der Waals surface area contributed by atoms with E-state index in [2.05, 4.69) is 4.98 Å². The van der Waals surface area contributed by atoms with Crippen molar-refractivity contribution in [3.05, 3.63) is 44.8 Å². The number of hydrogen-bond acceptors (Lipinski definition) is 4. The minimum absolute atomic E-state index is 0.0299. The van der Waals surface area contributed by atoms with E-state index in [0.717, 1.165) is 17.1 Å². The lowest BCUT2D eigenvalue weighted by Gasteiger charge is -2.06. The summed E-state index contributed by atoms with van der Waals surface area (Å²) in [6.45, 7) is 2.39. The Balaban J connectivity index is 2.31. The predicted molar refractivity (Wildman–Crippen MR) is 63.2 cm³/mol. The number of nitrogens with zero attached hydrogens (tertiary/aromatic N) is 2. The summed E-state index contributed by atoms with van der Waals surface area (Å²) in [7, 11) is 1.62. The lowest BCUT2D eigenvalue weighted by atomic mass is 10.3. The molecule has 0 aliphatic carbocycles. The molecule has 0 amide bonds. The second-order valence-electron chi connectivity index (χ2n) is 3.44. The third-order valence-electron chi connectivity index (χ3n) is 2.19. The molecule has 0 spiro atoms. The summed E-state index contributed by atoms with van der Waals surface area (Å²) in [6, 6.07) is 3.71. The van der Waals surface area contributed by atoms with Gasteiger partial charge in [-0.15, -0.1) is 0 Å². The third-order valence-corrected chi connectivity index (χ3v) is 2.89. The van der Waals surface area contributed by atoms with Crippen LogP contribution >= 0.6 is 11.3 Å². The molecule has 0 saturated carbocycles. The van der Waals surface area contributed by atoms with E-state index in [1.165, 1.54) is 11.3 Å². The van der Waals surface area contributed by atoms with Gasteiger partial charge in [0, 0.05) is 29.4 Å². The van der Waals surface area contributed by atoms with Crippen LogP contribution in [0.3, 0.4) is 0 Å². The fourth-order valence-corrected chi connectivity index (χ4v) is 2.07. The Morgan fingerprint density at radius 1 is 1.50 bits per heavy atom. The number of ether oxygens (including phenoxy) is 1. The topological polar surface area (TPSA) is 44.1 Å². The molecule has 0 N–H and O–H groups in total. The number of rotatable bonds is 3. The molecule has 0 atom stereocenters. The summed E-state index contributed by atoms with van der Waals surface area (Å²) in [4.78, 5) is 15.8. The van der Waals surface area contributed by atoms with Crippen LogP contribution in [0.25, 0.3) is 0 Å². The molecule has 84 valence electrons. The van der Waals surface area contributed by atoms with Crippen LogP contribution in [-0.2, 0) is 6.54 Å². The number of pyridine rings is 1. The largest absolute Gasteiger partial charge is 0.497 e. The Hall–Kier alpha value is -1.62. The van der Waals surface area contributed by atoms with Gasteiger partial charge in [-0.05, 0) is 6.92 Å². The number of hydrogen-bond donors (Lipinski definition) is 0. The summed E-state index contributed by atoms with van der Waals surface area (Å²) in [5.74, 6) is 0.769. The van der Waals surface area contributed by atoms with E-state index >= 15 is 0 Å². The number of aromatic nitrogens is 2. The van der Waals surface area contributed by atoms with Crippen LogP contribution in [-0.4, -0.2) is 16.7 Å². The average molecular weight is 236 g/mol. The second-order valence-corrected chi connectivity index (χ2v) is 4.29. The lowest BCUT2D eigenvalue weighted by molar-refractivity contribution is 0.413. The molecule has 0 saturated heterocycles. The highest BCUT2D eigenvalue weighted by atomic mass is 32.1. The minimum Gasteiger partial charge on any atom is -0.497 e. The van der Waals surface area contributed by atoms with Crippen molar-refractivity contribution in [3.63, 3.8) is 0 Å². The van der Waals surface area contributed by atoms with Gasteiger partial charge in [0.1, 0.15) is 5.75 Å². The first-order valence-corrected chi connectivity index (χ1v) is 5.72. The molecule has 16 heavy (non-hydrogen) atoms. The van der Waals surface area contributed by atoms with Gasteiger partial charge in [-0.2, -0.15) is 0 Å². The quantitative estimate of drug-likeness (QED) is 0.814. The molecule has 0 unspecified atom stereocenters. The minimum atomic E-state index is 0.0299. The van der Waals surface area contributed by atoms with Crippen molar-refractivity contribution in [1.82, 2.24) is 9.55 Å². The predicted octanol–water partition coefficient (Wildman–Crippen LogP) is 1.67. The first-order valence-electron chi connectivity index (χ1n) is 4.84. The maximum atomic E-state index is 11.4. The van der Waals surface area contributed by atoms with Crippen LogP contribution in [0.4, 0.5) is 0 Å². The van der Waals surface area contributed by atoms with E-state index in [4.69, 9.17) is 4.74 Å². The van der Waals surface area contributed by atoms with Crippen molar-refractivity contribution in [1.29, 1.82) is 0 Å². The standard InChI is InChI=1S/C11H12N2O2S/c1-8-5-10(15-2)6-9(12-8)7-13-3-4-16-11(13)14/h3-6H,7H2,1-2H3. The first-order chi connectivity index (χ1) is 7.69. The maximum Gasteiger partial charge on any atom is 0.307 e. The molecule has 0 bridgehead atoms. The monoisotopic (exact) mass is 236 g/mol. The third kappa shape index (κ3) is 2.30. The molecule has 2 heterocycles. The van der Waals surface area contributed by atoms with Gasteiger partial charge in [-0.3, -0.25) is 14.3 Å². The van der Waals surface area contributed by atoms with Crippen LogP contribution in [0.15, 0.2) is 28.5 Å². The number of thiazole rings is 1. The Morgan fingerprint density at radius 2 is 2.31 bits per heavy atom. The van der Waals surface area contributed by atoms with Gasteiger partial charge in [-0.1, -0.05) is 11.3 Å². The van der Waals surface area contributed by atoms with E-state index in [1.807, 2.05) is 19.1 Å². The highest BCUT2D eigenvalue weighted by Gasteiger charge is 2.03. The van der Waals surface area contributed by atoms with E-state index in [0.29, 0.717) is 6.54 Å². The van der Waals surface area contributed by atoms with Gasteiger partial charge < -0.3 is 4.74 Å². The Kier molecular flexibility index (Phi) is 3.05. The number of aryl methyl sites for hydroxylation is 1. The van der Waals surface area contributed by atoms with Crippen molar-refractivity contribution in [2.75, 3.05) is 7.11 Å². The van der Waals surface area contributed by atoms with Crippen molar-refractivity contribution >= 4 is 11.3 Å². The zero-order chi connectivity index (χ0) is 11.5. The molecule has 2 rings (SSSR count). The van der Waals surface area contributed by atoms with Crippen LogP contribution in [0.1, 0.15) is 11.4 Å². The van der Waals surface area contributed by atoms with Crippen molar-refractivity contribution < 1.29 is 4.74 Å². The molecule has 0 aromatic carbocycles. The molecule has 0 radical (unpaired) electrons. The van der Waals surface area contributed by atoms with Gasteiger partial charge in [0.25, 0.3) is 0 Å². The van der Waals surface area contributed by atoms with Crippen molar-refractivity contribution in [2.45, 2.75) is 13.5 Å². The highest BCUT2D eigenvalue weighted by Crippen LogP contribution is 2.13. The van der Waals surface area contributed by atoms with Crippen molar-refractivity contribution in [2.24, 2.45) is 0 Å². The van der Waals surface area contributed by atoms with Crippen LogP contribution in [0, 0.1) is 6.92 Å². The summed E-state index contributed by atoms with van der Waals surface area (Å²) < 4.78 is 6.79. The molecular formula is C11H12N2O2S. The van der Waals surface area contributed by atoms with E-state index < -0.39 is 0 Å². The van der Waals surface area contributed by atoms with E-state index in [1.54, 1.807) is 23.3 Å². The molecule has 0 aliphatic heterocycles. The summed E-state index contributed by atoms with van der Waals surface area (Å²) in [5.41, 5.74) is 1.72. The second kappa shape index (κ2) is 4.49. The van der Waals surface area contributed by atoms with Crippen LogP contribution in [0.2, 0.25) is 0 Å². The van der Waals surface area contributed by atoms with E-state index in [-0.39, 0.29) is 4.87 Å². The fraction of sp³-hybridized carbons (Fsp3) is 0.273. The molecule has 0 aliphatic rings. The zero-order valence-electron chi connectivity index (χ0n) is 9.14. The maximum absolute atomic E-state index is 11.4. The van der Waals surface area contributed by atoms with Gasteiger partial charge in [0.2, 0.25) is 0 Å². The van der Waals surface area contributed by atoms with Crippen LogP contribution in [0.5, 0.6) is 5.75 Å². The zero-order valence-corrected chi connectivity index (χ0v) is 9.95. The fourth-order valence-electron chi connectivity index (χ4n) is 1.48. The van der Waals surface area contributed by atoms with Gasteiger partial charge in [-0.25, -0.2) is 0 Å². The smallest absolute Gasteiger partial charge is 0.307 e. The molecular weight excluding hydrogens is 224 g/mol. The van der Waals surface area contributed by atoms with Crippen LogP contribution < -0.4 is 9.61 Å². The summed E-state index contributed by atoms with van der Waals surface area (Å²) in [5, 5.41) is 1.77. The molecule has 5 heteroatoms. The van der Waals surface area contributed by atoms with E-state index in [9.17, 15) is 4.79 Å². The molecule has 2 aromatic rings. The Labute approximate surface area is 97.1 Å². The summed E-state index contributed by atoms with van der Waals surface area (Å²) >= 11 is 1.19. The first kappa shape index (κ1) is 10.9. The normalized spacial score (nSPS) is 10.4. The Morgan fingerprint density at radius 3 is 2.94 bits per heavy atom. The van der Waals surface area contributed by atoms with Crippen molar-refractivity contribution in [3.8, 4) is 5.75 Å².